The maximum absolute atomic E-state index is 12.2. The SMILES string of the molecule is CC(C)(C)OC(=O)N1CCC[C@H]1CNc1ccc([N+](=O)[O-])cn1. The molecule has 8 heteroatoms. The van der Waals surface area contributed by atoms with E-state index in [2.05, 4.69) is 10.3 Å². The van der Waals surface area contributed by atoms with Gasteiger partial charge in [0, 0.05) is 19.2 Å². The first-order valence-electron chi connectivity index (χ1n) is 7.60. The fourth-order valence-electron chi connectivity index (χ4n) is 2.43. The van der Waals surface area contributed by atoms with Gasteiger partial charge in [0.05, 0.1) is 11.0 Å². The van der Waals surface area contributed by atoms with Gasteiger partial charge < -0.3 is 15.0 Å². The first-order valence-corrected chi connectivity index (χ1v) is 7.60. The van der Waals surface area contributed by atoms with Gasteiger partial charge in [0.15, 0.2) is 0 Å². The second-order valence-electron chi connectivity index (χ2n) is 6.51. The van der Waals surface area contributed by atoms with Crippen LogP contribution in [0.1, 0.15) is 33.6 Å². The van der Waals surface area contributed by atoms with E-state index in [1.54, 1.807) is 11.0 Å². The van der Waals surface area contributed by atoms with Gasteiger partial charge >= 0.3 is 6.09 Å². The van der Waals surface area contributed by atoms with Crippen molar-refractivity contribution in [2.24, 2.45) is 0 Å². The number of likely N-dealkylation sites (tertiary alicyclic amines) is 1. The number of carbonyl (C=O) groups excluding carboxylic acids is 1. The van der Waals surface area contributed by atoms with Gasteiger partial charge in [-0.2, -0.15) is 0 Å². The Labute approximate surface area is 135 Å². The van der Waals surface area contributed by atoms with Crippen LogP contribution in [0.15, 0.2) is 18.3 Å². The first kappa shape index (κ1) is 17.0. The summed E-state index contributed by atoms with van der Waals surface area (Å²) in [7, 11) is 0. The Hall–Kier alpha value is -2.38. The van der Waals surface area contributed by atoms with E-state index in [-0.39, 0.29) is 17.8 Å². The van der Waals surface area contributed by atoms with Crippen molar-refractivity contribution in [3.63, 3.8) is 0 Å². The maximum atomic E-state index is 12.2. The summed E-state index contributed by atoms with van der Waals surface area (Å²) >= 11 is 0. The summed E-state index contributed by atoms with van der Waals surface area (Å²) in [5, 5.41) is 13.7. The van der Waals surface area contributed by atoms with E-state index in [1.165, 1.54) is 12.3 Å². The molecule has 0 aromatic carbocycles. The van der Waals surface area contributed by atoms with Crippen LogP contribution in [0.2, 0.25) is 0 Å². The number of nitrogens with zero attached hydrogens (tertiary/aromatic N) is 3. The number of hydrogen-bond donors (Lipinski definition) is 1. The van der Waals surface area contributed by atoms with Crippen molar-refractivity contribution in [2.45, 2.75) is 45.3 Å². The van der Waals surface area contributed by atoms with Gasteiger partial charge in [-0.3, -0.25) is 10.1 Å². The van der Waals surface area contributed by atoms with Crippen molar-refractivity contribution in [2.75, 3.05) is 18.4 Å². The van der Waals surface area contributed by atoms with Gasteiger partial charge in [-0.1, -0.05) is 0 Å². The molecule has 0 spiro atoms. The molecule has 1 atom stereocenters. The molecule has 1 fully saturated rings. The molecule has 1 aliphatic heterocycles. The summed E-state index contributed by atoms with van der Waals surface area (Å²) in [5.41, 5.74) is -0.566. The van der Waals surface area contributed by atoms with Crippen molar-refractivity contribution in [3.05, 3.63) is 28.4 Å². The Balaban J connectivity index is 1.91. The molecule has 0 saturated carbocycles. The predicted molar refractivity (Wildman–Crippen MR) is 85.3 cm³/mol. The molecule has 1 N–H and O–H groups in total. The highest BCUT2D eigenvalue weighted by molar-refractivity contribution is 5.69. The first-order chi connectivity index (χ1) is 10.8. The lowest BCUT2D eigenvalue weighted by molar-refractivity contribution is -0.385. The molecule has 1 amide bonds. The van der Waals surface area contributed by atoms with Crippen LogP contribution in [-0.4, -0.2) is 45.6 Å². The molecule has 126 valence electrons. The Morgan fingerprint density at radius 3 is 2.83 bits per heavy atom. The fraction of sp³-hybridized carbons (Fsp3) is 0.600. The summed E-state index contributed by atoms with van der Waals surface area (Å²) in [6.07, 6.45) is 2.72. The molecule has 1 aliphatic rings. The maximum Gasteiger partial charge on any atom is 0.410 e. The number of hydrogen-bond acceptors (Lipinski definition) is 6. The fourth-order valence-corrected chi connectivity index (χ4v) is 2.43. The van der Waals surface area contributed by atoms with Crippen LogP contribution in [0.4, 0.5) is 16.3 Å². The van der Waals surface area contributed by atoms with E-state index in [0.29, 0.717) is 18.9 Å². The number of amides is 1. The molecule has 0 unspecified atom stereocenters. The molecule has 1 aromatic rings. The number of aromatic nitrogens is 1. The predicted octanol–water partition coefficient (Wildman–Crippen LogP) is 2.80. The quantitative estimate of drug-likeness (QED) is 0.676. The molecule has 0 bridgehead atoms. The van der Waals surface area contributed by atoms with Crippen LogP contribution < -0.4 is 5.32 Å². The zero-order chi connectivity index (χ0) is 17.0. The van der Waals surface area contributed by atoms with Gasteiger partial charge in [0.25, 0.3) is 5.69 Å². The molecule has 1 saturated heterocycles. The van der Waals surface area contributed by atoms with Crippen LogP contribution in [0, 0.1) is 10.1 Å². The van der Waals surface area contributed by atoms with Crippen LogP contribution in [0.3, 0.4) is 0 Å². The number of nitro groups is 1. The molecule has 2 heterocycles. The lowest BCUT2D eigenvalue weighted by Gasteiger charge is -2.28. The van der Waals surface area contributed by atoms with Gasteiger partial charge in [0.1, 0.15) is 17.6 Å². The lowest BCUT2D eigenvalue weighted by Crippen LogP contribution is -2.42. The molecule has 1 aromatic heterocycles. The van der Waals surface area contributed by atoms with E-state index < -0.39 is 10.5 Å². The van der Waals surface area contributed by atoms with Gasteiger partial charge in [0.2, 0.25) is 0 Å². The van der Waals surface area contributed by atoms with Crippen LogP contribution in [-0.2, 0) is 4.74 Å². The summed E-state index contributed by atoms with van der Waals surface area (Å²) in [6.45, 7) is 6.73. The standard InChI is InChI=1S/C15H22N4O4/c1-15(2,3)23-14(20)18-8-4-5-11(18)9-16-13-7-6-12(10-17-13)19(21)22/h6-7,10-11H,4-5,8-9H2,1-3H3,(H,16,17)/t11-/m0/s1. The van der Waals surface area contributed by atoms with E-state index >= 15 is 0 Å². The van der Waals surface area contributed by atoms with Crippen molar-refractivity contribution >= 4 is 17.6 Å². The topological polar surface area (TPSA) is 97.6 Å². The average molecular weight is 322 g/mol. The minimum Gasteiger partial charge on any atom is -0.444 e. The molecule has 0 radical (unpaired) electrons. The molecule has 8 nitrogen and oxygen atoms in total. The highest BCUT2D eigenvalue weighted by atomic mass is 16.6. The highest BCUT2D eigenvalue weighted by Gasteiger charge is 2.31. The number of nitrogens with one attached hydrogen (secondary N) is 1. The zero-order valence-corrected chi connectivity index (χ0v) is 13.6. The van der Waals surface area contributed by atoms with E-state index in [9.17, 15) is 14.9 Å². The third kappa shape index (κ3) is 4.80. The number of anilines is 1. The molecule has 0 aliphatic carbocycles. The number of rotatable bonds is 4. The van der Waals surface area contributed by atoms with E-state index in [4.69, 9.17) is 4.74 Å². The van der Waals surface area contributed by atoms with Crippen LogP contribution >= 0.6 is 0 Å². The Bertz CT molecular complexity index is 568. The zero-order valence-electron chi connectivity index (χ0n) is 13.6. The summed E-state index contributed by atoms with van der Waals surface area (Å²) in [6, 6.07) is 2.99. The highest BCUT2D eigenvalue weighted by Crippen LogP contribution is 2.21. The number of pyridine rings is 1. The summed E-state index contributed by atoms with van der Waals surface area (Å²) in [5.74, 6) is 0.548. The third-order valence-corrected chi connectivity index (χ3v) is 3.48. The third-order valence-electron chi connectivity index (χ3n) is 3.48. The minimum absolute atomic E-state index is 0.0295. The smallest absolute Gasteiger partial charge is 0.410 e. The van der Waals surface area contributed by atoms with Gasteiger partial charge in [-0.15, -0.1) is 0 Å². The Morgan fingerprint density at radius 2 is 2.26 bits per heavy atom. The Morgan fingerprint density at radius 1 is 1.52 bits per heavy atom. The summed E-state index contributed by atoms with van der Waals surface area (Å²) < 4.78 is 5.41. The normalized spacial score (nSPS) is 17.9. The second kappa shape index (κ2) is 6.80. The minimum atomic E-state index is -0.516. The van der Waals surface area contributed by atoms with Crippen molar-refractivity contribution in [3.8, 4) is 0 Å². The molecular formula is C15H22N4O4. The summed E-state index contributed by atoms with van der Waals surface area (Å²) in [4.78, 5) is 28.0. The van der Waals surface area contributed by atoms with Crippen molar-refractivity contribution in [1.82, 2.24) is 9.88 Å². The monoisotopic (exact) mass is 322 g/mol. The van der Waals surface area contributed by atoms with E-state index in [0.717, 1.165) is 12.8 Å². The lowest BCUT2D eigenvalue weighted by atomic mass is 10.2. The number of ether oxygens (including phenoxy) is 1. The van der Waals surface area contributed by atoms with Crippen LogP contribution in [0.25, 0.3) is 0 Å². The van der Waals surface area contributed by atoms with E-state index in [1.807, 2.05) is 20.8 Å². The number of carbonyl (C=O) groups is 1. The average Bonchev–Trinajstić information content (AvgIpc) is 2.92. The second-order valence-corrected chi connectivity index (χ2v) is 6.51. The van der Waals surface area contributed by atoms with Crippen molar-refractivity contribution in [1.29, 1.82) is 0 Å². The molecular weight excluding hydrogens is 300 g/mol. The van der Waals surface area contributed by atoms with Gasteiger partial charge in [-0.05, 0) is 39.7 Å². The molecule has 23 heavy (non-hydrogen) atoms. The molecule has 2 rings (SSSR count). The largest absolute Gasteiger partial charge is 0.444 e. The van der Waals surface area contributed by atoms with Gasteiger partial charge in [-0.25, -0.2) is 9.78 Å². The van der Waals surface area contributed by atoms with Crippen LogP contribution in [0.5, 0.6) is 0 Å². The van der Waals surface area contributed by atoms with Crippen molar-refractivity contribution < 1.29 is 14.5 Å². The Kier molecular flexibility index (Phi) is 5.02.